The molecule has 0 fully saturated rings. The van der Waals surface area contributed by atoms with E-state index in [1.807, 2.05) is 13.8 Å². The zero-order valence-corrected chi connectivity index (χ0v) is 16.9. The molecular weight excluding hydrogens is 376 g/mol. The van der Waals surface area contributed by atoms with Crippen molar-refractivity contribution < 1.29 is 13.2 Å². The van der Waals surface area contributed by atoms with Crippen LogP contribution in [0.25, 0.3) is 5.57 Å². The van der Waals surface area contributed by atoms with Crippen molar-refractivity contribution in [1.29, 1.82) is 0 Å². The number of nitrogens with zero attached hydrogens (tertiary/aromatic N) is 1. The average Bonchev–Trinajstić information content (AvgIpc) is 2.96. The summed E-state index contributed by atoms with van der Waals surface area (Å²) in [6.07, 6.45) is 0.563. The highest BCUT2D eigenvalue weighted by molar-refractivity contribution is 7.92. The zero-order valence-electron chi connectivity index (χ0n) is 16.1. The number of nitrogen functional groups attached to an aromatic ring is 1. The summed E-state index contributed by atoms with van der Waals surface area (Å²) in [5.74, 6) is -0.0839. The van der Waals surface area contributed by atoms with Crippen molar-refractivity contribution in [2.75, 3.05) is 33.5 Å². The monoisotopic (exact) mass is 400 g/mol. The van der Waals surface area contributed by atoms with Crippen LogP contribution in [0.3, 0.4) is 0 Å². The molecule has 8 heteroatoms. The Labute approximate surface area is 165 Å². The smallest absolute Gasteiger partial charge is 0.258 e. The van der Waals surface area contributed by atoms with Crippen molar-refractivity contribution in [2.45, 2.75) is 20.3 Å². The highest BCUT2D eigenvalue weighted by atomic mass is 32.2. The summed E-state index contributed by atoms with van der Waals surface area (Å²) in [5, 5.41) is 6.04. The number of sulfonamides is 1. The Balaban J connectivity index is 1.84. The van der Waals surface area contributed by atoms with Gasteiger partial charge in [-0.15, -0.1) is 0 Å². The summed E-state index contributed by atoms with van der Waals surface area (Å²) in [6.45, 7) is 3.65. The van der Waals surface area contributed by atoms with E-state index in [4.69, 9.17) is 5.73 Å². The largest absolute Gasteiger partial charge is 0.399 e. The van der Waals surface area contributed by atoms with Crippen molar-refractivity contribution in [3.63, 3.8) is 0 Å². The van der Waals surface area contributed by atoms with E-state index in [0.717, 1.165) is 16.9 Å². The highest BCUT2D eigenvalue weighted by Gasteiger charge is 2.26. The number of amides is 1. The minimum absolute atomic E-state index is 0.104. The third kappa shape index (κ3) is 3.82. The lowest BCUT2D eigenvalue weighted by atomic mass is 10.0. The molecule has 0 unspecified atom stereocenters. The van der Waals surface area contributed by atoms with Crippen LogP contribution < -0.4 is 20.7 Å². The van der Waals surface area contributed by atoms with E-state index in [0.29, 0.717) is 29.1 Å². The number of carbonyl (C=O) groups excluding carboxylic acids is 1. The van der Waals surface area contributed by atoms with Gasteiger partial charge >= 0.3 is 0 Å². The van der Waals surface area contributed by atoms with Gasteiger partial charge in [-0.25, -0.2) is 8.42 Å². The van der Waals surface area contributed by atoms with Crippen LogP contribution in [0.2, 0.25) is 0 Å². The second kappa shape index (κ2) is 7.55. The van der Waals surface area contributed by atoms with Gasteiger partial charge in [0.2, 0.25) is 10.0 Å². The number of nitrogens with two attached hydrogens (primary N) is 1. The van der Waals surface area contributed by atoms with Crippen LogP contribution in [0.1, 0.15) is 25.8 Å². The Bertz CT molecular complexity index is 1040. The van der Waals surface area contributed by atoms with Crippen LogP contribution in [0.5, 0.6) is 0 Å². The standard InChI is InChI=1S/C20H24N4O3S/c1-4-11-28(26,27)24(3)16-8-6-15(7-9-16)22-13(2)19-17-12-14(21)5-10-18(17)23-20(19)25/h5-10,12,22H,4,11,21H2,1-3H3,(H,23,25). The Hall–Kier alpha value is -3.00. The molecule has 1 aliphatic heterocycles. The summed E-state index contributed by atoms with van der Waals surface area (Å²) >= 11 is 0. The fourth-order valence-electron chi connectivity index (χ4n) is 3.15. The Morgan fingerprint density at radius 3 is 2.50 bits per heavy atom. The normalized spacial score (nSPS) is 15.0. The molecule has 0 aromatic heterocycles. The fraction of sp³-hybridized carbons (Fsp3) is 0.250. The molecule has 28 heavy (non-hydrogen) atoms. The predicted octanol–water partition coefficient (Wildman–Crippen LogP) is 3.24. The highest BCUT2D eigenvalue weighted by Crippen LogP contribution is 2.35. The van der Waals surface area contributed by atoms with Gasteiger partial charge in [-0.05, 0) is 55.8 Å². The molecular formula is C20H24N4O3S. The van der Waals surface area contributed by atoms with Crippen molar-refractivity contribution in [3.05, 3.63) is 53.7 Å². The lowest BCUT2D eigenvalue weighted by molar-refractivity contribution is -0.110. The van der Waals surface area contributed by atoms with Crippen LogP contribution in [0, 0.1) is 0 Å². The number of allylic oxidation sites excluding steroid dienone is 1. The number of carbonyl (C=O) groups is 1. The first-order valence-electron chi connectivity index (χ1n) is 8.98. The summed E-state index contributed by atoms with van der Waals surface area (Å²) in [4.78, 5) is 12.4. The lowest BCUT2D eigenvalue weighted by Crippen LogP contribution is -2.28. The third-order valence-electron chi connectivity index (χ3n) is 4.61. The predicted molar refractivity (Wildman–Crippen MR) is 115 cm³/mol. The van der Waals surface area contributed by atoms with Gasteiger partial charge in [0.05, 0.1) is 17.0 Å². The second-order valence-corrected chi connectivity index (χ2v) is 8.83. The molecule has 0 spiro atoms. The Morgan fingerprint density at radius 1 is 1.18 bits per heavy atom. The summed E-state index contributed by atoms with van der Waals surface area (Å²) < 4.78 is 25.7. The van der Waals surface area contributed by atoms with E-state index >= 15 is 0 Å². The van der Waals surface area contributed by atoms with E-state index in [9.17, 15) is 13.2 Å². The van der Waals surface area contributed by atoms with Crippen LogP contribution in [-0.2, 0) is 14.8 Å². The van der Waals surface area contributed by atoms with Gasteiger partial charge in [-0.3, -0.25) is 9.10 Å². The van der Waals surface area contributed by atoms with Gasteiger partial charge in [-0.1, -0.05) is 6.92 Å². The number of hydrogen-bond donors (Lipinski definition) is 3. The van der Waals surface area contributed by atoms with E-state index in [1.54, 1.807) is 49.5 Å². The average molecular weight is 401 g/mol. The topological polar surface area (TPSA) is 105 Å². The number of benzene rings is 2. The van der Waals surface area contributed by atoms with E-state index in [-0.39, 0.29) is 11.7 Å². The molecule has 0 radical (unpaired) electrons. The molecule has 2 aromatic rings. The molecule has 1 amide bonds. The molecule has 0 saturated heterocycles. The molecule has 0 bridgehead atoms. The number of hydrogen-bond acceptors (Lipinski definition) is 5. The van der Waals surface area contributed by atoms with Crippen LogP contribution in [0.4, 0.5) is 22.7 Å². The van der Waals surface area contributed by atoms with Gasteiger partial charge in [0.1, 0.15) is 0 Å². The molecule has 148 valence electrons. The lowest BCUT2D eigenvalue weighted by Gasteiger charge is -2.19. The Kier molecular flexibility index (Phi) is 5.33. The van der Waals surface area contributed by atoms with E-state index in [2.05, 4.69) is 10.6 Å². The van der Waals surface area contributed by atoms with Gasteiger partial charge in [0.15, 0.2) is 0 Å². The van der Waals surface area contributed by atoms with Crippen molar-refractivity contribution in [3.8, 4) is 0 Å². The first-order valence-corrected chi connectivity index (χ1v) is 10.6. The maximum absolute atomic E-state index is 12.4. The number of anilines is 4. The summed E-state index contributed by atoms with van der Waals surface area (Å²) in [6, 6.07) is 12.3. The van der Waals surface area contributed by atoms with Crippen molar-refractivity contribution in [1.82, 2.24) is 0 Å². The van der Waals surface area contributed by atoms with Crippen LogP contribution >= 0.6 is 0 Å². The maximum atomic E-state index is 12.4. The number of fused-ring (bicyclic) bond motifs is 1. The van der Waals surface area contributed by atoms with Gasteiger partial charge in [0, 0.05) is 35.4 Å². The van der Waals surface area contributed by atoms with E-state index < -0.39 is 10.0 Å². The molecule has 0 aliphatic carbocycles. The third-order valence-corrected chi connectivity index (χ3v) is 6.57. The molecule has 1 aliphatic rings. The molecule has 0 atom stereocenters. The molecule has 1 heterocycles. The quantitative estimate of drug-likeness (QED) is 0.510. The second-order valence-electron chi connectivity index (χ2n) is 6.71. The van der Waals surface area contributed by atoms with E-state index in [1.165, 1.54) is 4.31 Å². The maximum Gasteiger partial charge on any atom is 0.258 e. The molecule has 4 N–H and O–H groups in total. The van der Waals surface area contributed by atoms with Gasteiger partial charge in [0.25, 0.3) is 5.91 Å². The minimum Gasteiger partial charge on any atom is -0.399 e. The van der Waals surface area contributed by atoms with Crippen molar-refractivity contribution >= 4 is 44.3 Å². The van der Waals surface area contributed by atoms with Crippen LogP contribution in [0.15, 0.2) is 48.2 Å². The first kappa shape index (κ1) is 19.8. The van der Waals surface area contributed by atoms with Crippen molar-refractivity contribution in [2.24, 2.45) is 0 Å². The zero-order chi connectivity index (χ0) is 20.5. The SMILES string of the molecule is CCCS(=O)(=O)N(C)c1ccc(NC(C)=C2C(=O)Nc3ccc(N)cc32)cc1. The summed E-state index contributed by atoms with van der Waals surface area (Å²) in [5.41, 5.74) is 10.5. The molecule has 2 aromatic carbocycles. The minimum atomic E-state index is -3.32. The number of rotatable bonds is 6. The molecule has 0 saturated carbocycles. The first-order chi connectivity index (χ1) is 13.2. The number of nitrogens with one attached hydrogen (secondary N) is 2. The molecule has 7 nitrogen and oxygen atoms in total. The summed E-state index contributed by atoms with van der Waals surface area (Å²) in [7, 11) is -1.77. The Morgan fingerprint density at radius 2 is 1.86 bits per heavy atom. The van der Waals surface area contributed by atoms with Gasteiger partial charge in [-0.2, -0.15) is 0 Å². The fourth-order valence-corrected chi connectivity index (χ4v) is 4.38. The van der Waals surface area contributed by atoms with Gasteiger partial charge < -0.3 is 16.4 Å². The van der Waals surface area contributed by atoms with Crippen LogP contribution in [-0.4, -0.2) is 27.1 Å². The molecule has 3 rings (SSSR count).